The lowest BCUT2D eigenvalue weighted by atomic mass is 10.1. The second-order valence-corrected chi connectivity index (χ2v) is 5.50. The fourth-order valence-corrected chi connectivity index (χ4v) is 2.25. The maximum absolute atomic E-state index is 5.94. The van der Waals surface area contributed by atoms with Crippen LogP contribution in [0.5, 0.6) is 5.75 Å². The number of hydrogen-bond acceptors (Lipinski definition) is 2. The number of benzene rings is 2. The van der Waals surface area contributed by atoms with Crippen LogP contribution in [0.2, 0.25) is 0 Å². The van der Waals surface area contributed by atoms with Crippen molar-refractivity contribution in [3.05, 3.63) is 64.2 Å². The van der Waals surface area contributed by atoms with Crippen LogP contribution in [-0.2, 0) is 6.61 Å². The van der Waals surface area contributed by atoms with Gasteiger partial charge in [-0.25, -0.2) is 0 Å². The van der Waals surface area contributed by atoms with Gasteiger partial charge in [0.15, 0.2) is 0 Å². The third-order valence-corrected chi connectivity index (χ3v) is 3.61. The highest BCUT2D eigenvalue weighted by molar-refractivity contribution is 7.80. The lowest BCUT2D eigenvalue weighted by molar-refractivity contribution is 0.303. The minimum absolute atomic E-state index is 0.412. The van der Waals surface area contributed by atoms with Crippen LogP contribution >= 0.6 is 12.2 Å². The summed E-state index contributed by atoms with van der Waals surface area (Å²) in [5, 5.41) is 0. The van der Waals surface area contributed by atoms with Crippen LogP contribution in [0.3, 0.4) is 0 Å². The maximum Gasteiger partial charge on any atom is 0.123 e. The molecule has 0 spiro atoms. The molecule has 0 amide bonds. The van der Waals surface area contributed by atoms with Crippen molar-refractivity contribution in [3.63, 3.8) is 0 Å². The Kier molecular flexibility index (Phi) is 4.40. The Morgan fingerprint density at radius 2 is 1.90 bits per heavy atom. The standard InChI is InChI=1S/C17H19NOS/c1-11-7-12(2)13(3)16(8-11)19-10-14-5-4-6-15(9-14)17(18)20/h4-9H,10H2,1-3H3,(H2,18,20). The van der Waals surface area contributed by atoms with Crippen molar-refractivity contribution >= 4 is 17.2 Å². The molecule has 2 N–H and O–H groups in total. The van der Waals surface area contributed by atoms with Crippen LogP contribution in [0, 0.1) is 20.8 Å². The number of ether oxygens (including phenoxy) is 1. The molecule has 104 valence electrons. The number of aryl methyl sites for hydroxylation is 2. The van der Waals surface area contributed by atoms with Gasteiger partial charge in [-0.3, -0.25) is 0 Å². The van der Waals surface area contributed by atoms with E-state index in [9.17, 15) is 0 Å². The van der Waals surface area contributed by atoms with E-state index in [1.165, 1.54) is 16.7 Å². The third-order valence-electron chi connectivity index (χ3n) is 3.37. The first-order valence-electron chi connectivity index (χ1n) is 6.57. The molecule has 0 saturated heterocycles. The molecule has 2 nitrogen and oxygen atoms in total. The van der Waals surface area contributed by atoms with Gasteiger partial charge in [0, 0.05) is 5.56 Å². The summed E-state index contributed by atoms with van der Waals surface area (Å²) in [6.07, 6.45) is 0. The van der Waals surface area contributed by atoms with Crippen molar-refractivity contribution in [3.8, 4) is 5.75 Å². The number of rotatable bonds is 4. The fraction of sp³-hybridized carbons (Fsp3) is 0.235. The Morgan fingerprint density at radius 3 is 2.60 bits per heavy atom. The molecule has 0 heterocycles. The molecule has 2 aromatic carbocycles. The average Bonchev–Trinajstić information content (AvgIpc) is 2.41. The van der Waals surface area contributed by atoms with Crippen LogP contribution in [-0.4, -0.2) is 4.99 Å². The lowest BCUT2D eigenvalue weighted by Crippen LogP contribution is -2.10. The zero-order valence-electron chi connectivity index (χ0n) is 12.1. The Hall–Kier alpha value is -1.87. The molecule has 20 heavy (non-hydrogen) atoms. The Morgan fingerprint density at radius 1 is 1.15 bits per heavy atom. The van der Waals surface area contributed by atoms with Gasteiger partial charge < -0.3 is 10.5 Å². The summed E-state index contributed by atoms with van der Waals surface area (Å²) in [6, 6.07) is 12.1. The minimum Gasteiger partial charge on any atom is -0.489 e. The third kappa shape index (κ3) is 3.36. The van der Waals surface area contributed by atoms with E-state index in [2.05, 4.69) is 32.9 Å². The molecule has 0 aromatic heterocycles. The number of nitrogens with two attached hydrogens (primary N) is 1. The van der Waals surface area contributed by atoms with E-state index in [1.807, 2.05) is 24.3 Å². The smallest absolute Gasteiger partial charge is 0.123 e. The van der Waals surface area contributed by atoms with E-state index in [4.69, 9.17) is 22.7 Å². The molecule has 0 aliphatic rings. The lowest BCUT2D eigenvalue weighted by Gasteiger charge is -2.13. The molecule has 0 aliphatic carbocycles. The topological polar surface area (TPSA) is 35.2 Å². The summed E-state index contributed by atoms with van der Waals surface area (Å²) in [5.74, 6) is 0.934. The van der Waals surface area contributed by atoms with Crippen molar-refractivity contribution in [2.75, 3.05) is 0 Å². The molecule has 3 heteroatoms. The second kappa shape index (κ2) is 6.06. The van der Waals surface area contributed by atoms with Gasteiger partial charge in [-0.05, 0) is 55.2 Å². The van der Waals surface area contributed by atoms with Gasteiger partial charge in [0.1, 0.15) is 17.3 Å². The van der Waals surface area contributed by atoms with Crippen LogP contribution in [0.15, 0.2) is 36.4 Å². The first-order valence-corrected chi connectivity index (χ1v) is 6.97. The molecule has 0 bridgehead atoms. The van der Waals surface area contributed by atoms with E-state index in [0.717, 1.165) is 16.9 Å². The molecule has 0 saturated carbocycles. The Bertz CT molecular complexity index is 649. The van der Waals surface area contributed by atoms with Gasteiger partial charge in [0.25, 0.3) is 0 Å². The van der Waals surface area contributed by atoms with Crippen molar-refractivity contribution < 1.29 is 4.74 Å². The molecule has 0 unspecified atom stereocenters. The molecule has 0 aliphatic heterocycles. The highest BCUT2D eigenvalue weighted by Gasteiger charge is 2.05. The molecule has 2 aromatic rings. The number of thiocarbonyl (C=S) groups is 1. The molecular formula is C17H19NOS. The van der Waals surface area contributed by atoms with Crippen LogP contribution in [0.4, 0.5) is 0 Å². The van der Waals surface area contributed by atoms with Crippen molar-refractivity contribution in [1.82, 2.24) is 0 Å². The Balaban J connectivity index is 2.17. The van der Waals surface area contributed by atoms with Gasteiger partial charge in [-0.2, -0.15) is 0 Å². The van der Waals surface area contributed by atoms with Crippen LogP contribution < -0.4 is 10.5 Å². The van der Waals surface area contributed by atoms with Gasteiger partial charge in [-0.1, -0.05) is 36.5 Å². The fourth-order valence-electron chi connectivity index (χ4n) is 2.13. The van der Waals surface area contributed by atoms with Gasteiger partial charge in [0.05, 0.1) is 0 Å². The first-order chi connectivity index (χ1) is 9.47. The predicted octanol–water partition coefficient (Wildman–Crippen LogP) is 3.83. The van der Waals surface area contributed by atoms with Crippen LogP contribution in [0.1, 0.15) is 27.8 Å². The van der Waals surface area contributed by atoms with Crippen molar-refractivity contribution in [1.29, 1.82) is 0 Å². The van der Waals surface area contributed by atoms with Crippen molar-refractivity contribution in [2.24, 2.45) is 5.73 Å². The van der Waals surface area contributed by atoms with E-state index >= 15 is 0 Å². The summed E-state index contributed by atoms with van der Waals surface area (Å²) in [4.78, 5) is 0.412. The maximum atomic E-state index is 5.94. The average molecular weight is 285 g/mol. The second-order valence-electron chi connectivity index (χ2n) is 5.06. The first kappa shape index (κ1) is 14.5. The van der Waals surface area contributed by atoms with Gasteiger partial charge in [0.2, 0.25) is 0 Å². The summed E-state index contributed by atoms with van der Waals surface area (Å²) >= 11 is 4.99. The van der Waals surface area contributed by atoms with E-state index in [1.54, 1.807) is 0 Å². The minimum atomic E-state index is 0.412. The zero-order valence-corrected chi connectivity index (χ0v) is 12.9. The quantitative estimate of drug-likeness (QED) is 0.867. The largest absolute Gasteiger partial charge is 0.489 e. The number of hydrogen-bond donors (Lipinski definition) is 1. The highest BCUT2D eigenvalue weighted by Crippen LogP contribution is 2.24. The molecule has 0 radical (unpaired) electrons. The van der Waals surface area contributed by atoms with E-state index in [-0.39, 0.29) is 0 Å². The highest BCUT2D eigenvalue weighted by atomic mass is 32.1. The zero-order chi connectivity index (χ0) is 14.7. The summed E-state index contributed by atoms with van der Waals surface area (Å²) in [5.41, 5.74) is 11.2. The van der Waals surface area contributed by atoms with Gasteiger partial charge in [-0.15, -0.1) is 0 Å². The molecular weight excluding hydrogens is 266 g/mol. The van der Waals surface area contributed by atoms with Crippen molar-refractivity contribution in [2.45, 2.75) is 27.4 Å². The van der Waals surface area contributed by atoms with Crippen LogP contribution in [0.25, 0.3) is 0 Å². The van der Waals surface area contributed by atoms with E-state index in [0.29, 0.717) is 11.6 Å². The molecule has 0 fully saturated rings. The molecule has 0 atom stereocenters. The predicted molar refractivity (Wildman–Crippen MR) is 87.3 cm³/mol. The summed E-state index contributed by atoms with van der Waals surface area (Å²) in [6.45, 7) is 6.77. The summed E-state index contributed by atoms with van der Waals surface area (Å²) < 4.78 is 5.94. The Labute approximate surface area is 125 Å². The molecule has 2 rings (SSSR count). The summed E-state index contributed by atoms with van der Waals surface area (Å²) in [7, 11) is 0. The SMILES string of the molecule is Cc1cc(C)c(C)c(OCc2cccc(C(N)=S)c2)c1. The normalized spacial score (nSPS) is 10.3. The van der Waals surface area contributed by atoms with Gasteiger partial charge >= 0.3 is 0 Å². The monoisotopic (exact) mass is 285 g/mol. The van der Waals surface area contributed by atoms with E-state index < -0.39 is 0 Å².